The Kier molecular flexibility index (Phi) is 7.76. The molecule has 4 N–H and O–H groups in total. The van der Waals surface area contributed by atoms with Gasteiger partial charge in [-0.2, -0.15) is 23.4 Å². The van der Waals surface area contributed by atoms with Crippen molar-refractivity contribution in [3.05, 3.63) is 54.0 Å². The second-order valence-electron chi connectivity index (χ2n) is 6.96. The number of benzene rings is 1. The fraction of sp³-hybridized carbons (Fsp3) is 0.300. The van der Waals surface area contributed by atoms with E-state index in [1.165, 1.54) is 0 Å². The van der Waals surface area contributed by atoms with Crippen molar-refractivity contribution in [3.63, 3.8) is 0 Å². The lowest BCUT2D eigenvalue weighted by atomic mass is 9.96. The van der Waals surface area contributed by atoms with Crippen LogP contribution in [0.4, 0.5) is 18.9 Å². The summed E-state index contributed by atoms with van der Waals surface area (Å²) in [7, 11) is 3.66. The second-order valence-corrected chi connectivity index (χ2v) is 6.96. The van der Waals surface area contributed by atoms with Gasteiger partial charge in [-0.1, -0.05) is 29.8 Å². The van der Waals surface area contributed by atoms with Crippen molar-refractivity contribution in [3.8, 4) is 11.3 Å². The minimum absolute atomic E-state index is 0.147. The van der Waals surface area contributed by atoms with Crippen LogP contribution in [0.1, 0.15) is 17.0 Å². The average Bonchev–Trinajstić information content (AvgIpc) is 3.27. The van der Waals surface area contributed by atoms with Gasteiger partial charge < -0.3 is 16.2 Å². The van der Waals surface area contributed by atoms with Crippen LogP contribution >= 0.6 is 0 Å². The van der Waals surface area contributed by atoms with E-state index in [0.29, 0.717) is 11.4 Å². The maximum atomic E-state index is 12.8. The number of nitrogens with one attached hydrogen (secondary N) is 1. The number of nitrogens with two attached hydrogens (primary N) is 1. The highest BCUT2D eigenvalue weighted by Gasteiger charge is 2.38. The van der Waals surface area contributed by atoms with Crippen molar-refractivity contribution in [1.29, 1.82) is 0 Å². The Morgan fingerprint density at radius 1 is 1.22 bits per heavy atom. The number of anilines is 1. The molecule has 12 heteroatoms. The highest BCUT2D eigenvalue weighted by molar-refractivity contribution is 5.98. The smallest absolute Gasteiger partial charge is 0.475 e. The monoisotopic (exact) mass is 452 g/mol. The van der Waals surface area contributed by atoms with Crippen LogP contribution in [0.2, 0.25) is 0 Å². The highest BCUT2D eigenvalue weighted by Crippen LogP contribution is 2.27. The molecule has 2 aromatic heterocycles. The molecule has 3 aromatic rings. The zero-order valence-electron chi connectivity index (χ0n) is 17.6. The van der Waals surface area contributed by atoms with Gasteiger partial charge in [0.25, 0.3) is 0 Å². The van der Waals surface area contributed by atoms with E-state index in [2.05, 4.69) is 15.5 Å². The van der Waals surface area contributed by atoms with E-state index < -0.39 is 18.1 Å². The maximum Gasteiger partial charge on any atom is 0.490 e. The summed E-state index contributed by atoms with van der Waals surface area (Å²) in [5, 5.41) is 18.7. The number of rotatable bonds is 5. The number of carbonyl (C=O) groups is 2. The summed E-state index contributed by atoms with van der Waals surface area (Å²) in [6, 6.07) is 7.85. The first-order valence-electron chi connectivity index (χ1n) is 9.32. The van der Waals surface area contributed by atoms with E-state index >= 15 is 0 Å². The van der Waals surface area contributed by atoms with Gasteiger partial charge in [0.15, 0.2) is 0 Å². The molecule has 0 spiro atoms. The predicted molar refractivity (Wildman–Crippen MR) is 111 cm³/mol. The molecule has 0 aliphatic carbocycles. The van der Waals surface area contributed by atoms with Gasteiger partial charge in [-0.05, 0) is 12.5 Å². The molecule has 9 nitrogen and oxygen atoms in total. The van der Waals surface area contributed by atoms with Gasteiger partial charge in [0.05, 0.1) is 17.8 Å². The fourth-order valence-electron chi connectivity index (χ4n) is 2.84. The zero-order chi connectivity index (χ0) is 24.1. The van der Waals surface area contributed by atoms with Crippen LogP contribution in [-0.2, 0) is 23.7 Å². The molecule has 172 valence electrons. The molecule has 0 fully saturated rings. The third-order valence-electron chi connectivity index (χ3n) is 4.30. The number of carbonyl (C=O) groups excluding carboxylic acids is 1. The van der Waals surface area contributed by atoms with E-state index in [9.17, 15) is 18.0 Å². The molecule has 1 atom stereocenters. The van der Waals surface area contributed by atoms with Crippen molar-refractivity contribution < 1.29 is 27.9 Å². The number of aliphatic carboxylic acids is 1. The number of aryl methyl sites for hydroxylation is 3. The number of hydrogen-bond acceptors (Lipinski definition) is 5. The van der Waals surface area contributed by atoms with Gasteiger partial charge in [0.2, 0.25) is 5.91 Å². The Labute approximate surface area is 181 Å². The normalized spacial score (nSPS) is 12.0. The molecular formula is C20H23F3N6O3. The Hall–Kier alpha value is -3.67. The molecule has 0 saturated heterocycles. The van der Waals surface area contributed by atoms with Crippen molar-refractivity contribution in [2.45, 2.75) is 19.0 Å². The Morgan fingerprint density at radius 2 is 1.88 bits per heavy atom. The first kappa shape index (κ1) is 24.6. The van der Waals surface area contributed by atoms with Crippen LogP contribution in [0, 0.1) is 6.92 Å². The third kappa shape index (κ3) is 6.41. The summed E-state index contributed by atoms with van der Waals surface area (Å²) in [4.78, 5) is 21.7. The number of carboxylic acids is 1. The van der Waals surface area contributed by atoms with E-state index in [0.717, 1.165) is 16.7 Å². The summed E-state index contributed by atoms with van der Waals surface area (Å²) < 4.78 is 35.1. The molecule has 0 bridgehead atoms. The van der Waals surface area contributed by atoms with Crippen LogP contribution in [0.25, 0.3) is 11.3 Å². The number of hydrogen-bond donors (Lipinski definition) is 3. The third-order valence-corrected chi connectivity index (χ3v) is 4.30. The number of carboxylic acid groups (broad SMARTS) is 1. The van der Waals surface area contributed by atoms with Gasteiger partial charge in [-0.3, -0.25) is 14.2 Å². The number of halogens is 3. The summed E-state index contributed by atoms with van der Waals surface area (Å²) >= 11 is 0. The maximum absolute atomic E-state index is 12.8. The largest absolute Gasteiger partial charge is 0.490 e. The van der Waals surface area contributed by atoms with Crippen LogP contribution in [0.15, 0.2) is 42.9 Å². The van der Waals surface area contributed by atoms with Crippen LogP contribution < -0.4 is 11.1 Å². The van der Waals surface area contributed by atoms with Crippen molar-refractivity contribution in [2.75, 3.05) is 11.9 Å². The first-order chi connectivity index (χ1) is 14.9. The van der Waals surface area contributed by atoms with Crippen molar-refractivity contribution in [2.24, 2.45) is 19.8 Å². The summed E-state index contributed by atoms with van der Waals surface area (Å²) in [6.07, 6.45) is 0.280. The topological polar surface area (TPSA) is 128 Å². The standard InChI is InChI=1S/C18H22N6O.C2HF3O2/c1-12-5-4-6-13(7-12)15(8-19)18(25)21-16-11-24(3)22-17(16)14-9-20-23(2)10-14;3-2(4,5)1(6)7/h4-7,9-11,15H,8,19H2,1-3H3,(H,21,25);(H,6,7). The molecule has 1 aromatic carbocycles. The molecule has 1 amide bonds. The molecule has 0 aliphatic heterocycles. The summed E-state index contributed by atoms with van der Waals surface area (Å²) in [5.74, 6) is -3.32. The first-order valence-corrected chi connectivity index (χ1v) is 9.32. The minimum Gasteiger partial charge on any atom is -0.475 e. The minimum atomic E-state index is -5.08. The highest BCUT2D eigenvalue weighted by atomic mass is 19.4. The Morgan fingerprint density at radius 3 is 2.38 bits per heavy atom. The Bertz CT molecular complexity index is 1090. The van der Waals surface area contributed by atoms with Gasteiger partial charge in [-0.15, -0.1) is 0 Å². The SMILES string of the molecule is Cc1cccc(C(CN)C(=O)Nc2cn(C)nc2-c2cnn(C)c2)c1.O=C(O)C(F)(F)F. The zero-order valence-corrected chi connectivity index (χ0v) is 17.6. The van der Waals surface area contributed by atoms with Gasteiger partial charge in [-0.25, -0.2) is 4.79 Å². The van der Waals surface area contributed by atoms with Crippen LogP contribution in [0.5, 0.6) is 0 Å². The van der Waals surface area contributed by atoms with Crippen molar-refractivity contribution in [1.82, 2.24) is 19.6 Å². The molecule has 32 heavy (non-hydrogen) atoms. The fourth-order valence-corrected chi connectivity index (χ4v) is 2.84. The predicted octanol–water partition coefficient (Wildman–Crippen LogP) is 2.44. The molecular weight excluding hydrogens is 429 g/mol. The average molecular weight is 452 g/mol. The molecule has 1 unspecified atom stereocenters. The number of alkyl halides is 3. The summed E-state index contributed by atoms with van der Waals surface area (Å²) in [6.45, 7) is 2.23. The van der Waals surface area contributed by atoms with E-state index in [1.807, 2.05) is 51.5 Å². The lowest BCUT2D eigenvalue weighted by molar-refractivity contribution is -0.192. The Balaban J connectivity index is 0.000000451. The van der Waals surface area contributed by atoms with E-state index in [-0.39, 0.29) is 12.5 Å². The number of aromatic nitrogens is 4. The molecule has 3 rings (SSSR count). The lowest BCUT2D eigenvalue weighted by Gasteiger charge is -2.15. The summed E-state index contributed by atoms with van der Waals surface area (Å²) in [5.41, 5.74) is 10.1. The number of nitrogens with zero attached hydrogens (tertiary/aromatic N) is 4. The molecule has 0 radical (unpaired) electrons. The number of amides is 1. The quantitative estimate of drug-likeness (QED) is 0.546. The van der Waals surface area contributed by atoms with E-state index in [1.54, 1.807) is 21.8 Å². The van der Waals surface area contributed by atoms with Crippen molar-refractivity contribution >= 4 is 17.6 Å². The second kappa shape index (κ2) is 10.1. The lowest BCUT2D eigenvalue weighted by Crippen LogP contribution is -2.27. The van der Waals surface area contributed by atoms with Crippen LogP contribution in [0.3, 0.4) is 0 Å². The van der Waals surface area contributed by atoms with Crippen LogP contribution in [-0.4, -0.2) is 49.3 Å². The molecule has 2 heterocycles. The molecule has 0 aliphatic rings. The van der Waals surface area contributed by atoms with Gasteiger partial charge in [0, 0.05) is 38.6 Å². The van der Waals surface area contributed by atoms with Gasteiger partial charge in [0.1, 0.15) is 5.69 Å². The molecule has 0 saturated carbocycles. The van der Waals surface area contributed by atoms with Gasteiger partial charge >= 0.3 is 12.1 Å². The van der Waals surface area contributed by atoms with E-state index in [4.69, 9.17) is 15.6 Å².